The number of carbonyl (C=O) groups excluding carboxylic acids is 4. The minimum Gasteiger partial charge on any atom is -0.494 e. The zero-order valence-corrected chi connectivity index (χ0v) is 16.9. The molecule has 4 rings (SSSR count). The topological polar surface area (TPSA) is 97.7 Å². The summed E-state index contributed by atoms with van der Waals surface area (Å²) in [6.07, 6.45) is 2.96. The normalized spacial score (nSPS) is 15.5. The van der Waals surface area contributed by atoms with Crippen molar-refractivity contribution in [3.63, 3.8) is 0 Å². The Bertz CT molecular complexity index is 1250. The highest BCUT2D eigenvalue weighted by Crippen LogP contribution is 2.27. The molecule has 1 N–H and O–H groups in total. The summed E-state index contributed by atoms with van der Waals surface area (Å²) in [5.41, 5.74) is 1.27. The molecule has 0 bridgehead atoms. The summed E-state index contributed by atoms with van der Waals surface area (Å²) in [7, 11) is 0. The van der Waals surface area contributed by atoms with Crippen molar-refractivity contribution in [1.82, 2.24) is 9.88 Å². The smallest absolute Gasteiger partial charge is 0.335 e. The lowest BCUT2D eigenvalue weighted by Gasteiger charge is -2.26. The SMILES string of the molecule is CCOc1ccc(N2C(=O)NC(=O)C(=Cc3cn(C(C)=O)c4ccccc34)C2=O)cc1. The molecule has 0 atom stereocenters. The van der Waals surface area contributed by atoms with Gasteiger partial charge in [-0.2, -0.15) is 0 Å². The van der Waals surface area contributed by atoms with Crippen molar-refractivity contribution in [1.29, 1.82) is 0 Å². The monoisotopic (exact) mass is 417 g/mol. The Morgan fingerprint density at radius 1 is 1.06 bits per heavy atom. The Labute approximate surface area is 177 Å². The highest BCUT2D eigenvalue weighted by atomic mass is 16.5. The maximum Gasteiger partial charge on any atom is 0.335 e. The van der Waals surface area contributed by atoms with Crippen LogP contribution in [-0.2, 0) is 9.59 Å². The summed E-state index contributed by atoms with van der Waals surface area (Å²) < 4.78 is 6.83. The lowest BCUT2D eigenvalue weighted by Crippen LogP contribution is -2.54. The van der Waals surface area contributed by atoms with Crippen LogP contribution in [0.1, 0.15) is 24.2 Å². The molecule has 1 saturated heterocycles. The molecule has 0 saturated carbocycles. The number of nitrogens with zero attached hydrogens (tertiary/aromatic N) is 2. The van der Waals surface area contributed by atoms with Gasteiger partial charge in [0, 0.05) is 24.1 Å². The van der Waals surface area contributed by atoms with E-state index in [-0.39, 0.29) is 11.5 Å². The maximum atomic E-state index is 13.1. The van der Waals surface area contributed by atoms with E-state index in [0.29, 0.717) is 34.5 Å². The minimum absolute atomic E-state index is 0.202. The number of amides is 4. The molecule has 4 amide bonds. The number of urea groups is 1. The Morgan fingerprint density at radius 3 is 2.45 bits per heavy atom. The number of hydrogen-bond acceptors (Lipinski definition) is 5. The molecule has 0 unspecified atom stereocenters. The van der Waals surface area contributed by atoms with Gasteiger partial charge in [0.05, 0.1) is 17.8 Å². The van der Waals surface area contributed by atoms with Gasteiger partial charge in [0.25, 0.3) is 11.8 Å². The molecule has 1 fully saturated rings. The summed E-state index contributed by atoms with van der Waals surface area (Å²) >= 11 is 0. The first-order valence-electron chi connectivity index (χ1n) is 9.66. The predicted molar refractivity (Wildman–Crippen MR) is 115 cm³/mol. The quantitative estimate of drug-likeness (QED) is 0.519. The first-order chi connectivity index (χ1) is 14.9. The Morgan fingerprint density at radius 2 is 1.77 bits per heavy atom. The van der Waals surface area contributed by atoms with Gasteiger partial charge in [0.2, 0.25) is 5.91 Å². The van der Waals surface area contributed by atoms with Gasteiger partial charge in [-0.1, -0.05) is 18.2 Å². The molecule has 8 nitrogen and oxygen atoms in total. The number of rotatable bonds is 4. The molecular weight excluding hydrogens is 398 g/mol. The second kappa shape index (κ2) is 7.91. The van der Waals surface area contributed by atoms with Gasteiger partial charge < -0.3 is 4.74 Å². The number of anilines is 1. The van der Waals surface area contributed by atoms with Crippen LogP contribution in [-0.4, -0.2) is 34.9 Å². The average Bonchev–Trinajstić information content (AvgIpc) is 3.11. The first-order valence-corrected chi connectivity index (χ1v) is 9.66. The van der Waals surface area contributed by atoms with Crippen LogP contribution >= 0.6 is 0 Å². The number of ether oxygens (including phenoxy) is 1. The number of benzene rings is 2. The second-order valence-corrected chi connectivity index (χ2v) is 6.88. The minimum atomic E-state index is -0.831. The number of para-hydroxylation sites is 1. The third-order valence-electron chi connectivity index (χ3n) is 4.89. The van der Waals surface area contributed by atoms with Crippen LogP contribution in [0.2, 0.25) is 0 Å². The molecule has 0 aliphatic carbocycles. The van der Waals surface area contributed by atoms with Crippen LogP contribution in [0, 0.1) is 0 Å². The zero-order chi connectivity index (χ0) is 22.1. The van der Waals surface area contributed by atoms with Gasteiger partial charge in [-0.3, -0.25) is 24.3 Å². The molecule has 156 valence electrons. The van der Waals surface area contributed by atoms with E-state index in [9.17, 15) is 19.2 Å². The van der Waals surface area contributed by atoms with Crippen molar-refractivity contribution in [3.8, 4) is 5.75 Å². The summed E-state index contributed by atoms with van der Waals surface area (Å²) in [4.78, 5) is 50.9. The summed E-state index contributed by atoms with van der Waals surface area (Å²) in [6, 6.07) is 12.7. The first kappa shape index (κ1) is 20.1. The molecule has 1 aliphatic rings. The van der Waals surface area contributed by atoms with E-state index < -0.39 is 17.8 Å². The molecular formula is C23H19N3O5. The summed E-state index contributed by atoms with van der Waals surface area (Å²) in [5.74, 6) is -1.15. The molecule has 0 radical (unpaired) electrons. The van der Waals surface area contributed by atoms with Crippen LogP contribution in [0.3, 0.4) is 0 Å². The van der Waals surface area contributed by atoms with Crippen LogP contribution in [0.4, 0.5) is 10.5 Å². The number of imide groups is 2. The number of fused-ring (bicyclic) bond motifs is 1. The lowest BCUT2D eigenvalue weighted by molar-refractivity contribution is -0.122. The Kier molecular flexibility index (Phi) is 5.12. The van der Waals surface area contributed by atoms with Crippen LogP contribution in [0.25, 0.3) is 17.0 Å². The van der Waals surface area contributed by atoms with E-state index in [4.69, 9.17) is 4.74 Å². The lowest BCUT2D eigenvalue weighted by atomic mass is 10.1. The number of hydrogen-bond donors (Lipinski definition) is 1. The largest absolute Gasteiger partial charge is 0.494 e. The van der Waals surface area contributed by atoms with Crippen molar-refractivity contribution in [2.24, 2.45) is 0 Å². The maximum absolute atomic E-state index is 13.1. The highest BCUT2D eigenvalue weighted by molar-refractivity contribution is 6.39. The zero-order valence-electron chi connectivity index (χ0n) is 16.9. The van der Waals surface area contributed by atoms with E-state index >= 15 is 0 Å². The van der Waals surface area contributed by atoms with Gasteiger partial charge in [-0.25, -0.2) is 9.69 Å². The summed E-state index contributed by atoms with van der Waals surface area (Å²) in [5, 5.41) is 2.90. The molecule has 31 heavy (non-hydrogen) atoms. The Hall–Kier alpha value is -4.20. The highest BCUT2D eigenvalue weighted by Gasteiger charge is 2.37. The van der Waals surface area contributed by atoms with Crippen LogP contribution in [0.15, 0.2) is 60.3 Å². The number of barbiturate groups is 1. The van der Waals surface area contributed by atoms with Gasteiger partial charge >= 0.3 is 6.03 Å². The van der Waals surface area contributed by atoms with Crippen molar-refractivity contribution in [3.05, 3.63) is 65.9 Å². The van der Waals surface area contributed by atoms with Crippen molar-refractivity contribution in [2.75, 3.05) is 11.5 Å². The van der Waals surface area contributed by atoms with Gasteiger partial charge in [-0.15, -0.1) is 0 Å². The van der Waals surface area contributed by atoms with E-state index in [1.807, 2.05) is 6.92 Å². The van der Waals surface area contributed by atoms with E-state index in [0.717, 1.165) is 4.90 Å². The predicted octanol–water partition coefficient (Wildman–Crippen LogP) is 3.37. The fourth-order valence-corrected chi connectivity index (χ4v) is 3.49. The number of nitrogens with one attached hydrogen (secondary N) is 1. The second-order valence-electron chi connectivity index (χ2n) is 6.88. The third kappa shape index (κ3) is 3.59. The molecule has 3 aromatic rings. The molecule has 1 aromatic heterocycles. The fraction of sp³-hybridized carbons (Fsp3) is 0.130. The van der Waals surface area contributed by atoms with Gasteiger partial charge in [-0.05, 0) is 43.3 Å². The van der Waals surface area contributed by atoms with E-state index in [1.54, 1.807) is 54.7 Å². The number of aromatic nitrogens is 1. The standard InChI is InChI=1S/C23H19N3O5/c1-3-31-17-10-8-16(9-11-17)26-22(29)19(21(28)24-23(26)30)12-15-13-25(14(2)27)20-7-5-4-6-18(15)20/h4-13H,3H2,1-2H3,(H,24,28,30). The van der Waals surface area contributed by atoms with E-state index in [1.165, 1.54) is 17.6 Å². The number of carbonyl (C=O) groups is 4. The van der Waals surface area contributed by atoms with Crippen molar-refractivity contribution >= 4 is 46.4 Å². The van der Waals surface area contributed by atoms with Crippen molar-refractivity contribution < 1.29 is 23.9 Å². The van der Waals surface area contributed by atoms with Crippen LogP contribution in [0.5, 0.6) is 5.75 Å². The van der Waals surface area contributed by atoms with E-state index in [2.05, 4.69) is 5.32 Å². The van der Waals surface area contributed by atoms with Crippen molar-refractivity contribution in [2.45, 2.75) is 13.8 Å². The van der Waals surface area contributed by atoms with Gasteiger partial charge in [0.15, 0.2) is 0 Å². The molecule has 0 spiro atoms. The molecule has 1 aliphatic heterocycles. The molecule has 2 aromatic carbocycles. The fourth-order valence-electron chi connectivity index (χ4n) is 3.49. The average molecular weight is 417 g/mol. The molecule has 8 heteroatoms. The summed E-state index contributed by atoms with van der Waals surface area (Å²) in [6.45, 7) is 3.76. The van der Waals surface area contributed by atoms with Crippen LogP contribution < -0.4 is 15.0 Å². The van der Waals surface area contributed by atoms with Gasteiger partial charge in [0.1, 0.15) is 11.3 Å². The third-order valence-corrected chi connectivity index (χ3v) is 4.89. The molecule has 2 heterocycles. The Balaban J connectivity index is 1.76.